The van der Waals surface area contributed by atoms with Crippen LogP contribution in [0.25, 0.3) is 0 Å². The Kier molecular flexibility index (Phi) is 4.72. The van der Waals surface area contributed by atoms with Gasteiger partial charge in [-0.15, -0.1) is 0 Å². The highest BCUT2D eigenvalue weighted by atomic mass is 79.9. The molecule has 2 unspecified atom stereocenters. The van der Waals surface area contributed by atoms with Crippen molar-refractivity contribution >= 4 is 15.9 Å². The number of likely N-dealkylation sites (N-methyl/N-ethyl adjacent to an activating group) is 1. The highest BCUT2D eigenvalue weighted by Gasteiger charge is 2.28. The molecule has 1 aromatic rings. The van der Waals surface area contributed by atoms with Crippen molar-refractivity contribution in [2.24, 2.45) is 5.73 Å². The van der Waals surface area contributed by atoms with E-state index in [1.807, 2.05) is 7.05 Å². The molecule has 2 rings (SSSR count). The van der Waals surface area contributed by atoms with E-state index < -0.39 is 0 Å². The molecule has 0 aromatic heterocycles. The molecule has 0 aliphatic carbocycles. The highest BCUT2D eigenvalue weighted by Crippen LogP contribution is 2.28. The molecule has 1 saturated heterocycles. The number of hydrogen-bond donors (Lipinski definition) is 1. The maximum Gasteiger partial charge on any atom is 0.128 e. The number of nitrogens with zero attached hydrogens (tertiary/aromatic N) is 1. The number of benzene rings is 1. The fourth-order valence-electron chi connectivity index (χ4n) is 2.38. The average Bonchev–Trinajstić information content (AvgIpc) is 2.88. The third-order valence-corrected chi connectivity index (χ3v) is 4.01. The van der Waals surface area contributed by atoms with Crippen LogP contribution in [0.4, 0.5) is 4.39 Å². The molecule has 5 heteroatoms. The van der Waals surface area contributed by atoms with Gasteiger partial charge in [-0.1, -0.05) is 15.9 Å². The number of hydrogen-bond acceptors (Lipinski definition) is 3. The van der Waals surface area contributed by atoms with Gasteiger partial charge in [-0.3, -0.25) is 4.90 Å². The molecule has 1 fully saturated rings. The second-order valence-electron chi connectivity index (χ2n) is 4.60. The molecule has 0 spiro atoms. The van der Waals surface area contributed by atoms with E-state index in [2.05, 4.69) is 20.8 Å². The Morgan fingerprint density at radius 1 is 1.61 bits per heavy atom. The first-order chi connectivity index (χ1) is 8.63. The first-order valence-corrected chi connectivity index (χ1v) is 6.87. The largest absolute Gasteiger partial charge is 0.380 e. The Morgan fingerprint density at radius 2 is 2.39 bits per heavy atom. The van der Waals surface area contributed by atoms with Gasteiger partial charge in [0.15, 0.2) is 0 Å². The summed E-state index contributed by atoms with van der Waals surface area (Å²) in [5, 5.41) is 0. The topological polar surface area (TPSA) is 38.5 Å². The van der Waals surface area contributed by atoms with Gasteiger partial charge in [-0.05, 0) is 31.7 Å². The Balaban J connectivity index is 2.23. The van der Waals surface area contributed by atoms with Crippen LogP contribution in [0.3, 0.4) is 0 Å². The highest BCUT2D eigenvalue weighted by molar-refractivity contribution is 9.10. The van der Waals surface area contributed by atoms with Crippen molar-refractivity contribution in [3.8, 4) is 0 Å². The molecule has 0 saturated carbocycles. The van der Waals surface area contributed by atoms with Gasteiger partial charge >= 0.3 is 0 Å². The van der Waals surface area contributed by atoms with Crippen molar-refractivity contribution in [1.82, 2.24) is 4.90 Å². The predicted molar refractivity (Wildman–Crippen MR) is 72.9 cm³/mol. The second kappa shape index (κ2) is 6.10. The molecule has 1 aliphatic heterocycles. The van der Waals surface area contributed by atoms with E-state index in [1.165, 1.54) is 6.07 Å². The summed E-state index contributed by atoms with van der Waals surface area (Å²) >= 11 is 3.38. The summed E-state index contributed by atoms with van der Waals surface area (Å²) in [7, 11) is 1.98. The van der Waals surface area contributed by atoms with Gasteiger partial charge < -0.3 is 10.5 Å². The van der Waals surface area contributed by atoms with Crippen LogP contribution in [-0.4, -0.2) is 37.7 Å². The molecular weight excluding hydrogens is 299 g/mol. The van der Waals surface area contributed by atoms with Crippen molar-refractivity contribution in [1.29, 1.82) is 0 Å². The van der Waals surface area contributed by atoms with Crippen LogP contribution in [0.2, 0.25) is 0 Å². The van der Waals surface area contributed by atoms with Gasteiger partial charge in [-0.2, -0.15) is 0 Å². The molecule has 1 aliphatic rings. The van der Waals surface area contributed by atoms with Gasteiger partial charge in [0.25, 0.3) is 0 Å². The minimum absolute atomic E-state index is 0.116. The van der Waals surface area contributed by atoms with Crippen molar-refractivity contribution in [3.63, 3.8) is 0 Å². The molecular formula is C13H18BrFN2O. The minimum Gasteiger partial charge on any atom is -0.380 e. The summed E-state index contributed by atoms with van der Waals surface area (Å²) in [4.78, 5) is 2.12. The lowest BCUT2D eigenvalue weighted by Gasteiger charge is -2.32. The Morgan fingerprint density at radius 3 is 3.00 bits per heavy atom. The van der Waals surface area contributed by atoms with Crippen molar-refractivity contribution < 1.29 is 9.13 Å². The summed E-state index contributed by atoms with van der Waals surface area (Å²) < 4.78 is 20.2. The van der Waals surface area contributed by atoms with E-state index in [-0.39, 0.29) is 11.9 Å². The molecule has 18 heavy (non-hydrogen) atoms. The Labute approximate surface area is 115 Å². The third-order valence-electron chi connectivity index (χ3n) is 3.51. The normalized spacial score (nSPS) is 21.5. The summed E-state index contributed by atoms with van der Waals surface area (Å²) in [6.45, 7) is 1.86. The number of rotatable bonds is 4. The standard InChI is InChI=1S/C13H18BrFN2O/c1-17(10-4-5-18-8-10)13(7-16)11-6-9(14)2-3-12(11)15/h2-3,6,10,13H,4-5,7-8,16H2,1H3. The lowest BCUT2D eigenvalue weighted by atomic mass is 10.0. The Hall–Kier alpha value is -0.490. The van der Waals surface area contributed by atoms with Crippen LogP contribution < -0.4 is 5.73 Å². The second-order valence-corrected chi connectivity index (χ2v) is 5.52. The van der Waals surface area contributed by atoms with Crippen LogP contribution in [0.5, 0.6) is 0 Å². The maximum atomic E-state index is 13.9. The molecule has 0 amide bonds. The van der Waals surface area contributed by atoms with Crippen LogP contribution in [-0.2, 0) is 4.74 Å². The van der Waals surface area contributed by atoms with Crippen LogP contribution >= 0.6 is 15.9 Å². The first kappa shape index (κ1) is 13.9. The monoisotopic (exact) mass is 316 g/mol. The zero-order chi connectivity index (χ0) is 13.1. The van der Waals surface area contributed by atoms with E-state index in [0.29, 0.717) is 24.8 Å². The quantitative estimate of drug-likeness (QED) is 0.926. The van der Waals surface area contributed by atoms with Crippen molar-refractivity contribution in [2.75, 3.05) is 26.8 Å². The molecule has 1 heterocycles. The molecule has 3 nitrogen and oxygen atoms in total. The van der Waals surface area contributed by atoms with E-state index >= 15 is 0 Å². The van der Waals surface area contributed by atoms with E-state index in [9.17, 15) is 4.39 Å². The SMILES string of the molecule is CN(C1CCOC1)C(CN)c1cc(Br)ccc1F. The van der Waals surface area contributed by atoms with Crippen LogP contribution in [0.1, 0.15) is 18.0 Å². The molecule has 0 radical (unpaired) electrons. The van der Waals surface area contributed by atoms with Gasteiger partial charge in [0.05, 0.1) is 12.6 Å². The van der Waals surface area contributed by atoms with Gasteiger partial charge in [-0.25, -0.2) is 4.39 Å². The summed E-state index contributed by atoms with van der Waals surface area (Å²) in [6, 6.07) is 5.18. The smallest absolute Gasteiger partial charge is 0.128 e. The van der Waals surface area contributed by atoms with Crippen LogP contribution in [0.15, 0.2) is 22.7 Å². The number of halogens is 2. The molecule has 2 atom stereocenters. The predicted octanol–water partition coefficient (Wildman–Crippen LogP) is 2.31. The van der Waals surface area contributed by atoms with E-state index in [4.69, 9.17) is 10.5 Å². The fraction of sp³-hybridized carbons (Fsp3) is 0.538. The summed E-state index contributed by atoms with van der Waals surface area (Å²) in [5.74, 6) is -0.209. The van der Waals surface area contributed by atoms with E-state index in [0.717, 1.165) is 17.5 Å². The van der Waals surface area contributed by atoms with Crippen molar-refractivity contribution in [3.05, 3.63) is 34.1 Å². The number of nitrogens with two attached hydrogens (primary N) is 1. The zero-order valence-corrected chi connectivity index (χ0v) is 12.0. The van der Waals surface area contributed by atoms with Crippen molar-refractivity contribution in [2.45, 2.75) is 18.5 Å². The average molecular weight is 317 g/mol. The lowest BCUT2D eigenvalue weighted by Crippen LogP contribution is -2.39. The van der Waals surface area contributed by atoms with E-state index in [1.54, 1.807) is 12.1 Å². The maximum absolute atomic E-state index is 13.9. The van der Waals surface area contributed by atoms with Gasteiger partial charge in [0, 0.05) is 29.2 Å². The zero-order valence-electron chi connectivity index (χ0n) is 10.4. The fourth-order valence-corrected chi connectivity index (χ4v) is 2.76. The first-order valence-electron chi connectivity index (χ1n) is 6.08. The molecule has 0 bridgehead atoms. The van der Waals surface area contributed by atoms with Gasteiger partial charge in [0.2, 0.25) is 0 Å². The van der Waals surface area contributed by atoms with Crippen LogP contribution in [0, 0.1) is 5.82 Å². The Bertz CT molecular complexity index is 410. The lowest BCUT2D eigenvalue weighted by molar-refractivity contribution is 0.133. The third kappa shape index (κ3) is 2.91. The number of ether oxygens (including phenoxy) is 1. The minimum atomic E-state index is -0.209. The molecule has 1 aromatic carbocycles. The van der Waals surface area contributed by atoms with Gasteiger partial charge in [0.1, 0.15) is 5.82 Å². The summed E-state index contributed by atoms with van der Waals surface area (Å²) in [5.41, 5.74) is 6.47. The molecule has 2 N–H and O–H groups in total. The summed E-state index contributed by atoms with van der Waals surface area (Å²) in [6.07, 6.45) is 0.975. The molecule has 100 valence electrons.